The standard InChI is InChI=1S/C20H41N/c1-2-3-4-5-6-7-8-9-10-11-12-13-14-15-16-17-18-19-20-21/h2-3H,4-21H2,1H3. The van der Waals surface area contributed by atoms with Crippen molar-refractivity contribution in [3.05, 3.63) is 12.2 Å². The van der Waals surface area contributed by atoms with Crippen LogP contribution < -0.4 is 5.73 Å². The van der Waals surface area contributed by atoms with Crippen molar-refractivity contribution in [1.82, 2.24) is 0 Å². The smallest absolute Gasteiger partial charge is 0.00773 e. The highest BCUT2D eigenvalue weighted by atomic mass is 14.5. The van der Waals surface area contributed by atoms with Crippen LogP contribution in [0.2, 0.25) is 0 Å². The molecule has 2 N–H and O–H groups in total. The zero-order chi connectivity index (χ0) is 15.4. The fraction of sp³-hybridized carbons (Fsp3) is 0.900. The molecule has 0 aliphatic carbocycles. The van der Waals surface area contributed by atoms with Gasteiger partial charge in [-0.1, -0.05) is 95.6 Å². The molecule has 0 aromatic rings. The molecule has 0 unspecified atom stereocenters. The van der Waals surface area contributed by atoms with E-state index in [0.29, 0.717) is 0 Å². The Morgan fingerprint density at radius 2 is 0.857 bits per heavy atom. The van der Waals surface area contributed by atoms with Crippen LogP contribution >= 0.6 is 0 Å². The maximum Gasteiger partial charge on any atom is -0.00773 e. The minimum Gasteiger partial charge on any atom is -0.330 e. The van der Waals surface area contributed by atoms with Gasteiger partial charge in [0, 0.05) is 0 Å². The predicted octanol–water partition coefficient (Wildman–Crippen LogP) is 6.76. The first-order valence-electron chi connectivity index (χ1n) is 9.73. The lowest BCUT2D eigenvalue weighted by Crippen LogP contribution is -1.97. The third kappa shape index (κ3) is 19.7. The van der Waals surface area contributed by atoms with Crippen molar-refractivity contribution in [3.8, 4) is 0 Å². The second kappa shape index (κ2) is 19.7. The topological polar surface area (TPSA) is 26.0 Å². The summed E-state index contributed by atoms with van der Waals surface area (Å²) in [6.45, 7) is 2.98. The maximum absolute atomic E-state index is 5.49. The molecule has 126 valence electrons. The summed E-state index contributed by atoms with van der Waals surface area (Å²) >= 11 is 0. The molecule has 0 aromatic heterocycles. The molecule has 21 heavy (non-hydrogen) atoms. The third-order valence-corrected chi connectivity index (χ3v) is 4.31. The van der Waals surface area contributed by atoms with E-state index in [2.05, 4.69) is 19.1 Å². The van der Waals surface area contributed by atoms with Crippen LogP contribution in [0.1, 0.15) is 110 Å². The average Bonchev–Trinajstić information content (AvgIpc) is 2.50. The van der Waals surface area contributed by atoms with Crippen molar-refractivity contribution in [2.75, 3.05) is 6.54 Å². The number of nitrogens with two attached hydrogens (primary N) is 1. The maximum atomic E-state index is 5.49. The van der Waals surface area contributed by atoms with E-state index >= 15 is 0 Å². The SMILES string of the molecule is CC=CCCCCCCCCCCCCCCCCCN. The highest BCUT2D eigenvalue weighted by Gasteiger charge is 1.94. The molecule has 0 saturated heterocycles. The molecule has 0 spiro atoms. The monoisotopic (exact) mass is 295 g/mol. The Morgan fingerprint density at radius 3 is 1.19 bits per heavy atom. The van der Waals surface area contributed by atoms with E-state index in [1.54, 1.807) is 0 Å². The van der Waals surface area contributed by atoms with Crippen LogP contribution in [0.3, 0.4) is 0 Å². The van der Waals surface area contributed by atoms with Crippen LogP contribution in [0, 0.1) is 0 Å². The largest absolute Gasteiger partial charge is 0.330 e. The molecule has 0 aliphatic rings. The van der Waals surface area contributed by atoms with Gasteiger partial charge in [0.15, 0.2) is 0 Å². The van der Waals surface area contributed by atoms with Crippen molar-refractivity contribution >= 4 is 0 Å². The minimum atomic E-state index is 0.871. The molecule has 0 amide bonds. The van der Waals surface area contributed by atoms with E-state index < -0.39 is 0 Å². The van der Waals surface area contributed by atoms with Crippen LogP contribution in [0.15, 0.2) is 12.2 Å². The molecule has 0 atom stereocenters. The van der Waals surface area contributed by atoms with Crippen LogP contribution in [-0.2, 0) is 0 Å². The Labute approximate surface area is 134 Å². The van der Waals surface area contributed by atoms with Gasteiger partial charge in [-0.25, -0.2) is 0 Å². The molecular formula is C20H41N. The van der Waals surface area contributed by atoms with Crippen molar-refractivity contribution in [2.24, 2.45) is 5.73 Å². The Hall–Kier alpha value is -0.300. The van der Waals surface area contributed by atoms with E-state index in [-0.39, 0.29) is 0 Å². The van der Waals surface area contributed by atoms with Gasteiger partial charge in [0.25, 0.3) is 0 Å². The summed E-state index contributed by atoms with van der Waals surface area (Å²) in [6, 6.07) is 0. The molecule has 0 bridgehead atoms. The number of allylic oxidation sites excluding steroid dienone is 2. The zero-order valence-electron chi connectivity index (χ0n) is 14.8. The summed E-state index contributed by atoms with van der Waals surface area (Å²) in [5.74, 6) is 0. The van der Waals surface area contributed by atoms with Gasteiger partial charge in [-0.15, -0.1) is 0 Å². The van der Waals surface area contributed by atoms with Gasteiger partial charge in [0.1, 0.15) is 0 Å². The van der Waals surface area contributed by atoms with Gasteiger partial charge in [-0.3, -0.25) is 0 Å². The van der Waals surface area contributed by atoms with Crippen molar-refractivity contribution in [2.45, 2.75) is 110 Å². The van der Waals surface area contributed by atoms with Crippen LogP contribution in [0.25, 0.3) is 0 Å². The summed E-state index contributed by atoms with van der Waals surface area (Å²) in [4.78, 5) is 0. The van der Waals surface area contributed by atoms with Crippen molar-refractivity contribution in [1.29, 1.82) is 0 Å². The van der Waals surface area contributed by atoms with E-state index in [0.717, 1.165) is 6.54 Å². The first-order valence-corrected chi connectivity index (χ1v) is 9.73. The second-order valence-electron chi connectivity index (χ2n) is 6.45. The van der Waals surface area contributed by atoms with Crippen molar-refractivity contribution < 1.29 is 0 Å². The summed E-state index contributed by atoms with van der Waals surface area (Å²) < 4.78 is 0. The fourth-order valence-corrected chi connectivity index (χ4v) is 2.87. The predicted molar refractivity (Wildman–Crippen MR) is 97.7 cm³/mol. The molecule has 0 rings (SSSR count). The van der Waals surface area contributed by atoms with Gasteiger partial charge in [-0.05, 0) is 32.7 Å². The molecule has 0 radical (unpaired) electrons. The summed E-state index contributed by atoms with van der Waals surface area (Å²) in [5, 5.41) is 0. The lowest BCUT2D eigenvalue weighted by Gasteiger charge is -2.03. The van der Waals surface area contributed by atoms with Gasteiger partial charge < -0.3 is 5.73 Å². The van der Waals surface area contributed by atoms with Gasteiger partial charge in [0.05, 0.1) is 0 Å². The third-order valence-electron chi connectivity index (χ3n) is 4.31. The summed E-state index contributed by atoms with van der Waals surface area (Å²) in [5.41, 5.74) is 5.49. The molecule has 1 nitrogen and oxygen atoms in total. The van der Waals surface area contributed by atoms with Crippen LogP contribution in [-0.4, -0.2) is 6.54 Å². The van der Waals surface area contributed by atoms with Gasteiger partial charge >= 0.3 is 0 Å². The molecule has 0 saturated carbocycles. The van der Waals surface area contributed by atoms with Gasteiger partial charge in [-0.2, -0.15) is 0 Å². The Kier molecular flexibility index (Phi) is 19.4. The molecule has 0 heterocycles. The first kappa shape index (κ1) is 20.7. The lowest BCUT2D eigenvalue weighted by atomic mass is 10.0. The average molecular weight is 296 g/mol. The molecule has 0 aromatic carbocycles. The highest BCUT2D eigenvalue weighted by Crippen LogP contribution is 2.13. The highest BCUT2D eigenvalue weighted by molar-refractivity contribution is 4.76. The lowest BCUT2D eigenvalue weighted by molar-refractivity contribution is 0.531. The number of hydrogen-bond acceptors (Lipinski definition) is 1. The number of unbranched alkanes of at least 4 members (excludes halogenated alkanes) is 15. The fourth-order valence-electron chi connectivity index (χ4n) is 2.87. The second-order valence-corrected chi connectivity index (χ2v) is 6.45. The normalized spacial score (nSPS) is 11.5. The molecular weight excluding hydrogens is 254 g/mol. The Bertz CT molecular complexity index is 198. The van der Waals surface area contributed by atoms with Gasteiger partial charge in [0.2, 0.25) is 0 Å². The van der Waals surface area contributed by atoms with Crippen molar-refractivity contribution in [3.63, 3.8) is 0 Å². The quantitative estimate of drug-likeness (QED) is 0.233. The summed E-state index contributed by atoms with van der Waals surface area (Å²) in [6.07, 6.45) is 27.0. The van der Waals surface area contributed by atoms with E-state index in [1.165, 1.54) is 103 Å². The first-order chi connectivity index (χ1) is 10.4. The molecule has 1 heteroatoms. The number of hydrogen-bond donors (Lipinski definition) is 1. The molecule has 0 fully saturated rings. The Balaban J connectivity index is 2.93. The zero-order valence-corrected chi connectivity index (χ0v) is 14.8. The van der Waals surface area contributed by atoms with Crippen LogP contribution in [0.5, 0.6) is 0 Å². The minimum absolute atomic E-state index is 0.871. The van der Waals surface area contributed by atoms with Crippen LogP contribution in [0.4, 0.5) is 0 Å². The number of rotatable bonds is 17. The van der Waals surface area contributed by atoms with E-state index in [9.17, 15) is 0 Å². The summed E-state index contributed by atoms with van der Waals surface area (Å²) in [7, 11) is 0. The Morgan fingerprint density at radius 1 is 0.524 bits per heavy atom. The van der Waals surface area contributed by atoms with E-state index in [4.69, 9.17) is 5.73 Å². The molecule has 0 aliphatic heterocycles. The van der Waals surface area contributed by atoms with E-state index in [1.807, 2.05) is 0 Å².